The minimum Gasteiger partial charge on any atom is -0.393 e. The molecule has 1 amide bonds. The molecule has 3 atom stereocenters. The molecule has 0 radical (unpaired) electrons. The van der Waals surface area contributed by atoms with Crippen molar-refractivity contribution in [3.8, 4) is 0 Å². The number of hydrogen-bond acceptors (Lipinski definition) is 3. The van der Waals surface area contributed by atoms with Crippen molar-refractivity contribution in [1.82, 2.24) is 10.6 Å². The van der Waals surface area contributed by atoms with E-state index in [4.69, 9.17) is 0 Å². The van der Waals surface area contributed by atoms with Crippen LogP contribution in [-0.4, -0.2) is 36.2 Å². The van der Waals surface area contributed by atoms with Crippen LogP contribution < -0.4 is 10.6 Å². The lowest BCUT2D eigenvalue weighted by Gasteiger charge is -2.23. The Bertz CT molecular complexity index is 245. The second-order valence-electron chi connectivity index (χ2n) is 5.01. The van der Waals surface area contributed by atoms with Gasteiger partial charge < -0.3 is 15.7 Å². The Balaban J connectivity index is 0.00000144. The summed E-state index contributed by atoms with van der Waals surface area (Å²) in [5, 5.41) is 15.8. The molecule has 2 aliphatic rings. The summed E-state index contributed by atoms with van der Waals surface area (Å²) in [6.45, 7) is 1.59. The predicted octanol–water partition coefficient (Wildman–Crippen LogP) is 0.827. The van der Waals surface area contributed by atoms with E-state index in [0.717, 1.165) is 38.6 Å². The maximum absolute atomic E-state index is 11.8. The highest BCUT2D eigenvalue weighted by Crippen LogP contribution is 2.24. The van der Waals surface area contributed by atoms with Crippen LogP contribution in [0.4, 0.5) is 0 Å². The molecule has 1 aliphatic carbocycles. The molecule has 0 aromatic carbocycles. The zero-order chi connectivity index (χ0) is 11.4. The molecule has 1 heterocycles. The average molecular weight is 263 g/mol. The number of aliphatic hydroxyl groups is 1. The van der Waals surface area contributed by atoms with Gasteiger partial charge in [-0.3, -0.25) is 4.79 Å². The quantitative estimate of drug-likeness (QED) is 0.706. The molecule has 1 saturated carbocycles. The first-order valence-corrected chi connectivity index (χ1v) is 6.46. The minimum absolute atomic E-state index is 0. The number of piperidine rings is 1. The molecule has 17 heavy (non-hydrogen) atoms. The number of halogens is 1. The molecule has 100 valence electrons. The third-order valence-corrected chi connectivity index (χ3v) is 3.78. The molecule has 4 nitrogen and oxygen atoms in total. The number of amides is 1. The summed E-state index contributed by atoms with van der Waals surface area (Å²) in [7, 11) is 0. The van der Waals surface area contributed by atoms with Gasteiger partial charge in [0.05, 0.1) is 12.1 Å². The van der Waals surface area contributed by atoms with Gasteiger partial charge in [-0.25, -0.2) is 0 Å². The van der Waals surface area contributed by atoms with Crippen molar-refractivity contribution in [2.24, 2.45) is 5.92 Å². The Morgan fingerprint density at radius 2 is 2.06 bits per heavy atom. The highest BCUT2D eigenvalue weighted by atomic mass is 35.5. The van der Waals surface area contributed by atoms with Crippen molar-refractivity contribution in [2.75, 3.05) is 13.1 Å². The van der Waals surface area contributed by atoms with E-state index >= 15 is 0 Å². The van der Waals surface area contributed by atoms with Gasteiger partial charge in [0, 0.05) is 12.5 Å². The van der Waals surface area contributed by atoms with E-state index in [1.54, 1.807) is 0 Å². The van der Waals surface area contributed by atoms with Gasteiger partial charge in [0.2, 0.25) is 5.91 Å². The van der Waals surface area contributed by atoms with E-state index in [0.29, 0.717) is 6.54 Å². The molecule has 0 aromatic rings. The Morgan fingerprint density at radius 1 is 1.24 bits per heavy atom. The van der Waals surface area contributed by atoms with Crippen molar-refractivity contribution < 1.29 is 9.90 Å². The van der Waals surface area contributed by atoms with Gasteiger partial charge in [-0.1, -0.05) is 12.8 Å². The summed E-state index contributed by atoms with van der Waals surface area (Å²) >= 11 is 0. The zero-order valence-electron chi connectivity index (χ0n) is 10.2. The predicted molar refractivity (Wildman–Crippen MR) is 69.2 cm³/mol. The maximum Gasteiger partial charge on any atom is 0.237 e. The van der Waals surface area contributed by atoms with E-state index < -0.39 is 0 Å². The van der Waals surface area contributed by atoms with Gasteiger partial charge in [0.25, 0.3) is 0 Å². The molecule has 0 aromatic heterocycles. The number of rotatable bonds is 3. The summed E-state index contributed by atoms with van der Waals surface area (Å²) in [5.41, 5.74) is 0. The van der Waals surface area contributed by atoms with Crippen molar-refractivity contribution in [3.05, 3.63) is 0 Å². The van der Waals surface area contributed by atoms with E-state index in [1.165, 1.54) is 6.42 Å². The third-order valence-electron chi connectivity index (χ3n) is 3.78. The highest BCUT2D eigenvalue weighted by Gasteiger charge is 2.27. The zero-order valence-corrected chi connectivity index (χ0v) is 11.0. The van der Waals surface area contributed by atoms with Gasteiger partial charge in [-0.2, -0.15) is 0 Å². The fourth-order valence-electron chi connectivity index (χ4n) is 2.69. The van der Waals surface area contributed by atoms with Crippen LogP contribution >= 0.6 is 12.4 Å². The van der Waals surface area contributed by atoms with Crippen LogP contribution in [0.5, 0.6) is 0 Å². The van der Waals surface area contributed by atoms with Gasteiger partial charge in [0.1, 0.15) is 0 Å². The second-order valence-corrected chi connectivity index (χ2v) is 5.01. The highest BCUT2D eigenvalue weighted by molar-refractivity contribution is 5.85. The van der Waals surface area contributed by atoms with E-state index in [2.05, 4.69) is 10.6 Å². The smallest absolute Gasteiger partial charge is 0.237 e. The summed E-state index contributed by atoms with van der Waals surface area (Å²) in [6, 6.07) is -0.00713. The van der Waals surface area contributed by atoms with Crippen LogP contribution in [0.2, 0.25) is 0 Å². The van der Waals surface area contributed by atoms with Gasteiger partial charge in [-0.15, -0.1) is 12.4 Å². The van der Waals surface area contributed by atoms with Gasteiger partial charge in [-0.05, 0) is 32.2 Å². The van der Waals surface area contributed by atoms with Crippen molar-refractivity contribution >= 4 is 18.3 Å². The van der Waals surface area contributed by atoms with E-state index in [9.17, 15) is 9.90 Å². The molecular formula is C12H23ClN2O2. The van der Waals surface area contributed by atoms with Gasteiger partial charge >= 0.3 is 0 Å². The van der Waals surface area contributed by atoms with Crippen LogP contribution in [0.1, 0.15) is 38.5 Å². The summed E-state index contributed by atoms with van der Waals surface area (Å²) in [6.07, 6.45) is 6.06. The molecule has 0 bridgehead atoms. The lowest BCUT2D eigenvalue weighted by Crippen LogP contribution is -2.48. The second kappa shape index (κ2) is 7.19. The summed E-state index contributed by atoms with van der Waals surface area (Å²) < 4.78 is 0. The first-order chi connectivity index (χ1) is 7.77. The van der Waals surface area contributed by atoms with Crippen molar-refractivity contribution in [3.63, 3.8) is 0 Å². The number of hydrogen-bond donors (Lipinski definition) is 3. The Kier molecular flexibility index (Phi) is 6.23. The number of nitrogens with one attached hydrogen (secondary N) is 2. The van der Waals surface area contributed by atoms with Crippen LogP contribution in [0, 0.1) is 5.92 Å². The first kappa shape index (κ1) is 14.7. The molecule has 5 heteroatoms. The largest absolute Gasteiger partial charge is 0.393 e. The molecule has 2 rings (SSSR count). The monoisotopic (exact) mass is 262 g/mol. The molecule has 2 fully saturated rings. The summed E-state index contributed by atoms with van der Waals surface area (Å²) in [5.74, 6) is 0.381. The fraction of sp³-hybridized carbons (Fsp3) is 0.917. The van der Waals surface area contributed by atoms with Crippen molar-refractivity contribution in [1.29, 1.82) is 0 Å². The Morgan fingerprint density at radius 3 is 2.65 bits per heavy atom. The Hall–Kier alpha value is -0.320. The number of carbonyl (C=O) groups is 1. The standard InChI is InChI=1S/C12H22N2O2.ClH/c15-11-6-3-4-9(11)8-14-12(16)10-5-1-2-7-13-10;/h9-11,13,15H,1-8H2,(H,14,16);1H/t9?,10-,11?;/m1./s1. The van der Waals surface area contributed by atoms with E-state index in [-0.39, 0.29) is 36.4 Å². The molecule has 3 N–H and O–H groups in total. The van der Waals surface area contributed by atoms with Crippen LogP contribution in [-0.2, 0) is 4.79 Å². The SMILES string of the molecule is Cl.O=C(NCC1CCCC1O)[C@H]1CCCCN1. The first-order valence-electron chi connectivity index (χ1n) is 6.46. The lowest BCUT2D eigenvalue weighted by molar-refractivity contribution is -0.123. The molecule has 0 spiro atoms. The maximum atomic E-state index is 11.8. The normalized spacial score (nSPS) is 32.9. The number of aliphatic hydroxyl groups excluding tert-OH is 1. The molecular weight excluding hydrogens is 240 g/mol. The molecule has 1 aliphatic heterocycles. The third kappa shape index (κ3) is 4.12. The van der Waals surface area contributed by atoms with Crippen LogP contribution in [0.25, 0.3) is 0 Å². The topological polar surface area (TPSA) is 61.4 Å². The fourth-order valence-corrected chi connectivity index (χ4v) is 2.69. The Labute approximate surface area is 109 Å². The number of carbonyl (C=O) groups excluding carboxylic acids is 1. The van der Waals surface area contributed by atoms with Gasteiger partial charge in [0.15, 0.2) is 0 Å². The van der Waals surface area contributed by atoms with Crippen molar-refractivity contribution in [2.45, 2.75) is 50.7 Å². The van der Waals surface area contributed by atoms with Crippen LogP contribution in [0.3, 0.4) is 0 Å². The summed E-state index contributed by atoms with van der Waals surface area (Å²) in [4.78, 5) is 11.8. The molecule has 2 unspecified atom stereocenters. The molecule has 1 saturated heterocycles. The lowest BCUT2D eigenvalue weighted by atomic mass is 10.0. The minimum atomic E-state index is -0.209. The van der Waals surface area contributed by atoms with E-state index in [1.807, 2.05) is 0 Å². The average Bonchev–Trinajstić information content (AvgIpc) is 2.73. The van der Waals surface area contributed by atoms with Crippen LogP contribution in [0.15, 0.2) is 0 Å².